The molecule has 2 fully saturated rings. The predicted octanol–water partition coefficient (Wildman–Crippen LogP) is 3.81. The minimum absolute atomic E-state index is 0.111. The molecule has 2 aliphatic rings. The second-order valence-electron chi connectivity index (χ2n) is 7.24. The molecule has 0 aromatic heterocycles. The lowest BCUT2D eigenvalue weighted by Crippen LogP contribution is -2.45. The van der Waals surface area contributed by atoms with E-state index in [0.717, 1.165) is 18.6 Å². The summed E-state index contributed by atoms with van der Waals surface area (Å²) < 4.78 is 5.11. The second kappa shape index (κ2) is 6.34. The van der Waals surface area contributed by atoms with Gasteiger partial charge in [0.15, 0.2) is 0 Å². The third-order valence-corrected chi connectivity index (χ3v) is 5.72. The van der Waals surface area contributed by atoms with E-state index in [2.05, 4.69) is 12.2 Å². The zero-order chi connectivity index (χ0) is 16.4. The molecule has 2 saturated carbocycles. The molecule has 4 heteroatoms. The monoisotopic (exact) mass is 315 g/mol. The summed E-state index contributed by atoms with van der Waals surface area (Å²) in [5.74, 6) is 0.658. The Morgan fingerprint density at radius 1 is 1.26 bits per heavy atom. The van der Waals surface area contributed by atoms with Crippen molar-refractivity contribution in [2.24, 2.45) is 17.3 Å². The fourth-order valence-corrected chi connectivity index (χ4v) is 4.20. The van der Waals surface area contributed by atoms with Gasteiger partial charge in [0.05, 0.1) is 13.0 Å². The van der Waals surface area contributed by atoms with E-state index in [1.807, 2.05) is 0 Å². The zero-order valence-electron chi connectivity index (χ0n) is 13.9. The van der Waals surface area contributed by atoms with Crippen LogP contribution in [0.2, 0.25) is 0 Å². The molecular weight excluding hydrogens is 290 g/mol. The summed E-state index contributed by atoms with van der Waals surface area (Å²) in [6, 6.07) is 7.21. The number of hydrogen-bond acceptors (Lipinski definition) is 3. The van der Waals surface area contributed by atoms with Crippen LogP contribution in [0.15, 0.2) is 24.3 Å². The Balaban J connectivity index is 1.69. The van der Waals surface area contributed by atoms with E-state index < -0.39 is 5.92 Å². The maximum absolute atomic E-state index is 12.6. The largest absolute Gasteiger partial charge is 0.497 e. The van der Waals surface area contributed by atoms with Crippen molar-refractivity contribution in [1.82, 2.24) is 0 Å². The zero-order valence-corrected chi connectivity index (χ0v) is 13.9. The van der Waals surface area contributed by atoms with Crippen LogP contribution in [0.1, 0.15) is 45.4 Å². The van der Waals surface area contributed by atoms with E-state index in [1.165, 1.54) is 12.8 Å². The van der Waals surface area contributed by atoms with E-state index in [0.29, 0.717) is 24.4 Å². The van der Waals surface area contributed by atoms with Crippen molar-refractivity contribution in [3.05, 3.63) is 24.3 Å². The average molecular weight is 315 g/mol. The van der Waals surface area contributed by atoms with Gasteiger partial charge in [-0.2, -0.15) is 0 Å². The highest BCUT2D eigenvalue weighted by molar-refractivity contribution is 6.07. The average Bonchev–Trinajstić information content (AvgIpc) is 2.55. The lowest BCUT2D eigenvalue weighted by molar-refractivity contribution is -0.139. The van der Waals surface area contributed by atoms with Crippen molar-refractivity contribution in [2.75, 3.05) is 12.4 Å². The summed E-state index contributed by atoms with van der Waals surface area (Å²) in [5, 5.41) is 2.89. The van der Waals surface area contributed by atoms with Gasteiger partial charge in [0.2, 0.25) is 5.91 Å². The van der Waals surface area contributed by atoms with Crippen LogP contribution >= 0.6 is 0 Å². The van der Waals surface area contributed by atoms with Crippen LogP contribution in [-0.2, 0) is 9.59 Å². The number of benzene rings is 1. The van der Waals surface area contributed by atoms with Gasteiger partial charge in [-0.1, -0.05) is 19.8 Å². The summed E-state index contributed by atoms with van der Waals surface area (Å²) >= 11 is 0. The van der Waals surface area contributed by atoms with Crippen molar-refractivity contribution in [3.63, 3.8) is 0 Å². The fraction of sp³-hybridized carbons (Fsp3) is 0.579. The quantitative estimate of drug-likeness (QED) is 0.863. The molecule has 1 N–H and O–H groups in total. The van der Waals surface area contributed by atoms with Crippen LogP contribution in [0.3, 0.4) is 0 Å². The smallest absolute Gasteiger partial charge is 0.234 e. The van der Waals surface area contributed by atoms with Crippen molar-refractivity contribution in [1.29, 1.82) is 0 Å². The van der Waals surface area contributed by atoms with Crippen molar-refractivity contribution < 1.29 is 14.3 Å². The topological polar surface area (TPSA) is 55.4 Å². The van der Waals surface area contributed by atoms with E-state index >= 15 is 0 Å². The van der Waals surface area contributed by atoms with Crippen molar-refractivity contribution >= 4 is 17.4 Å². The standard InChI is InChI=1S/C19H25NO3/c1-19-10-4-3-5-13(19)11-17(21)16(12-19)18(22)20-14-6-8-15(23-2)9-7-14/h6-9,13,16H,3-5,10-12H2,1-2H3,(H,20,22)/t13?,16?,19-/m0/s1. The Morgan fingerprint density at radius 3 is 2.70 bits per heavy atom. The molecule has 0 heterocycles. The van der Waals surface area contributed by atoms with E-state index in [9.17, 15) is 9.59 Å². The minimum Gasteiger partial charge on any atom is -0.497 e. The molecule has 2 unspecified atom stereocenters. The molecule has 4 nitrogen and oxygen atoms in total. The molecule has 0 saturated heterocycles. The van der Waals surface area contributed by atoms with Gasteiger partial charge in [-0.25, -0.2) is 0 Å². The molecule has 0 spiro atoms. The Morgan fingerprint density at radius 2 is 2.00 bits per heavy atom. The number of ketones is 1. The number of anilines is 1. The summed E-state index contributed by atoms with van der Waals surface area (Å²) in [5.41, 5.74) is 0.855. The Kier molecular flexibility index (Phi) is 4.42. The normalized spacial score (nSPS) is 30.4. The summed E-state index contributed by atoms with van der Waals surface area (Å²) in [4.78, 5) is 25.0. The highest BCUT2D eigenvalue weighted by Gasteiger charge is 2.47. The summed E-state index contributed by atoms with van der Waals surface area (Å²) in [7, 11) is 1.61. The first-order chi connectivity index (χ1) is 11.0. The molecule has 1 amide bonds. The SMILES string of the molecule is COc1ccc(NC(=O)C2C[C@]3(C)CCCCC3CC2=O)cc1. The summed E-state index contributed by atoms with van der Waals surface area (Å²) in [6.45, 7) is 2.26. The maximum Gasteiger partial charge on any atom is 0.234 e. The Labute approximate surface area is 137 Å². The van der Waals surface area contributed by atoms with Gasteiger partial charge in [-0.05, 0) is 54.9 Å². The highest BCUT2D eigenvalue weighted by atomic mass is 16.5. The number of fused-ring (bicyclic) bond motifs is 1. The van der Waals surface area contributed by atoms with Gasteiger partial charge in [-0.3, -0.25) is 9.59 Å². The highest BCUT2D eigenvalue weighted by Crippen LogP contribution is 2.50. The van der Waals surface area contributed by atoms with Crippen molar-refractivity contribution in [2.45, 2.75) is 45.4 Å². The van der Waals surface area contributed by atoms with E-state index in [4.69, 9.17) is 4.74 Å². The number of methoxy groups -OCH3 is 1. The van der Waals surface area contributed by atoms with Crippen LogP contribution < -0.4 is 10.1 Å². The number of carbonyl (C=O) groups excluding carboxylic acids is 2. The lowest BCUT2D eigenvalue weighted by Gasteiger charge is -2.46. The number of hydrogen-bond donors (Lipinski definition) is 1. The lowest BCUT2D eigenvalue weighted by atomic mass is 9.57. The predicted molar refractivity (Wildman–Crippen MR) is 89.4 cm³/mol. The third-order valence-electron chi connectivity index (χ3n) is 5.72. The van der Waals surface area contributed by atoms with Gasteiger partial charge < -0.3 is 10.1 Å². The van der Waals surface area contributed by atoms with Crippen LogP contribution in [0.5, 0.6) is 5.75 Å². The van der Waals surface area contributed by atoms with Crippen LogP contribution in [0.25, 0.3) is 0 Å². The molecule has 124 valence electrons. The first kappa shape index (κ1) is 16.0. The first-order valence-electron chi connectivity index (χ1n) is 8.49. The van der Waals surface area contributed by atoms with Gasteiger partial charge in [-0.15, -0.1) is 0 Å². The fourth-order valence-electron chi connectivity index (χ4n) is 4.20. The molecule has 0 aliphatic heterocycles. The second-order valence-corrected chi connectivity index (χ2v) is 7.24. The number of nitrogens with one attached hydrogen (secondary N) is 1. The van der Waals surface area contributed by atoms with Crippen LogP contribution in [-0.4, -0.2) is 18.8 Å². The molecule has 0 bridgehead atoms. The number of ether oxygens (including phenoxy) is 1. The van der Waals surface area contributed by atoms with Gasteiger partial charge >= 0.3 is 0 Å². The van der Waals surface area contributed by atoms with Gasteiger partial charge in [0.1, 0.15) is 11.5 Å². The summed E-state index contributed by atoms with van der Waals surface area (Å²) in [6.07, 6.45) is 5.96. The number of carbonyl (C=O) groups is 2. The molecule has 0 radical (unpaired) electrons. The van der Waals surface area contributed by atoms with E-state index in [-0.39, 0.29) is 17.1 Å². The Bertz CT molecular complexity index is 595. The number of Topliss-reactive ketones (excluding diaryl/α,β-unsaturated/α-hetero) is 1. The third kappa shape index (κ3) is 3.26. The molecule has 1 aromatic rings. The number of amides is 1. The molecular formula is C19H25NO3. The Hall–Kier alpha value is -1.84. The molecule has 1 aromatic carbocycles. The van der Waals surface area contributed by atoms with E-state index in [1.54, 1.807) is 31.4 Å². The van der Waals surface area contributed by atoms with Gasteiger partial charge in [0, 0.05) is 12.1 Å². The first-order valence-corrected chi connectivity index (χ1v) is 8.49. The molecule has 23 heavy (non-hydrogen) atoms. The van der Waals surface area contributed by atoms with Crippen LogP contribution in [0, 0.1) is 17.3 Å². The van der Waals surface area contributed by atoms with Gasteiger partial charge in [0.25, 0.3) is 0 Å². The molecule has 3 rings (SSSR count). The maximum atomic E-state index is 12.6. The van der Waals surface area contributed by atoms with Crippen molar-refractivity contribution in [3.8, 4) is 5.75 Å². The van der Waals surface area contributed by atoms with Crippen LogP contribution in [0.4, 0.5) is 5.69 Å². The molecule has 2 aliphatic carbocycles. The molecule has 3 atom stereocenters. The number of rotatable bonds is 3. The minimum atomic E-state index is -0.503.